The molecule has 1 amide bonds. The summed E-state index contributed by atoms with van der Waals surface area (Å²) in [6.07, 6.45) is 0.0249. The summed E-state index contributed by atoms with van der Waals surface area (Å²) in [6, 6.07) is 4.46. The average molecular weight is 264 g/mol. The Bertz CT molecular complexity index is 515. The molecule has 0 spiro atoms. The van der Waals surface area contributed by atoms with E-state index in [-0.39, 0.29) is 17.7 Å². The number of nitro groups is 1. The first-order valence-corrected chi connectivity index (χ1v) is 6.15. The van der Waals surface area contributed by atoms with Gasteiger partial charge >= 0.3 is 0 Å². The molecule has 0 aromatic heterocycles. The fourth-order valence-corrected chi connectivity index (χ4v) is 2.18. The maximum absolute atomic E-state index is 12.3. The Morgan fingerprint density at radius 3 is 2.84 bits per heavy atom. The molecule has 1 heterocycles. The SMILES string of the molecule is Cc1cc(C(=O)N2CCO[C@@H](C)C2)ccc1[N+](=O)[O-]. The van der Waals surface area contributed by atoms with Gasteiger partial charge in [0.1, 0.15) is 0 Å². The second-order valence-electron chi connectivity index (χ2n) is 4.69. The van der Waals surface area contributed by atoms with E-state index in [4.69, 9.17) is 4.74 Å². The third-order valence-corrected chi connectivity index (χ3v) is 3.17. The first-order valence-electron chi connectivity index (χ1n) is 6.15. The molecule has 6 heteroatoms. The smallest absolute Gasteiger partial charge is 0.272 e. The molecule has 1 atom stereocenters. The molecule has 0 aliphatic carbocycles. The molecule has 19 heavy (non-hydrogen) atoms. The molecule has 0 bridgehead atoms. The molecule has 0 unspecified atom stereocenters. The minimum absolute atomic E-state index is 0.0249. The topological polar surface area (TPSA) is 72.7 Å². The highest BCUT2D eigenvalue weighted by Gasteiger charge is 2.23. The largest absolute Gasteiger partial charge is 0.375 e. The molecular weight excluding hydrogens is 248 g/mol. The van der Waals surface area contributed by atoms with E-state index in [0.717, 1.165) is 0 Å². The van der Waals surface area contributed by atoms with Gasteiger partial charge in [0, 0.05) is 30.3 Å². The molecule has 1 aliphatic heterocycles. The molecule has 1 fully saturated rings. The fourth-order valence-electron chi connectivity index (χ4n) is 2.18. The van der Waals surface area contributed by atoms with Crippen molar-refractivity contribution in [3.8, 4) is 0 Å². The van der Waals surface area contributed by atoms with Gasteiger partial charge in [-0.2, -0.15) is 0 Å². The molecule has 0 saturated carbocycles. The lowest BCUT2D eigenvalue weighted by Gasteiger charge is -2.31. The third-order valence-electron chi connectivity index (χ3n) is 3.17. The van der Waals surface area contributed by atoms with Crippen LogP contribution in [0, 0.1) is 17.0 Å². The summed E-state index contributed by atoms with van der Waals surface area (Å²) in [5, 5.41) is 10.7. The number of carbonyl (C=O) groups is 1. The van der Waals surface area contributed by atoms with Crippen LogP contribution in [0.25, 0.3) is 0 Å². The van der Waals surface area contributed by atoms with E-state index < -0.39 is 4.92 Å². The molecule has 0 N–H and O–H groups in total. The van der Waals surface area contributed by atoms with E-state index in [1.165, 1.54) is 12.1 Å². The summed E-state index contributed by atoms with van der Waals surface area (Å²) >= 11 is 0. The van der Waals surface area contributed by atoms with Crippen LogP contribution in [0.2, 0.25) is 0 Å². The van der Waals surface area contributed by atoms with Crippen molar-refractivity contribution in [3.63, 3.8) is 0 Å². The molecule has 1 saturated heterocycles. The number of carbonyl (C=O) groups excluding carboxylic acids is 1. The highest BCUT2D eigenvalue weighted by molar-refractivity contribution is 5.94. The molecule has 102 valence electrons. The van der Waals surface area contributed by atoms with Crippen molar-refractivity contribution in [1.82, 2.24) is 4.90 Å². The number of hydrogen-bond acceptors (Lipinski definition) is 4. The lowest BCUT2D eigenvalue weighted by Crippen LogP contribution is -2.44. The van der Waals surface area contributed by atoms with Crippen molar-refractivity contribution in [2.24, 2.45) is 0 Å². The van der Waals surface area contributed by atoms with E-state index in [9.17, 15) is 14.9 Å². The highest BCUT2D eigenvalue weighted by atomic mass is 16.6. The molecular formula is C13H16N2O4. The Morgan fingerprint density at radius 2 is 2.26 bits per heavy atom. The predicted octanol–water partition coefficient (Wildman–Crippen LogP) is 1.76. The Kier molecular flexibility index (Phi) is 3.80. The number of aryl methyl sites for hydroxylation is 1. The zero-order chi connectivity index (χ0) is 14.0. The fraction of sp³-hybridized carbons (Fsp3) is 0.462. The monoisotopic (exact) mass is 264 g/mol. The van der Waals surface area contributed by atoms with Gasteiger partial charge in [0.05, 0.1) is 17.6 Å². The van der Waals surface area contributed by atoms with Crippen LogP contribution in [-0.2, 0) is 4.74 Å². The molecule has 1 aliphatic rings. The lowest BCUT2D eigenvalue weighted by molar-refractivity contribution is -0.385. The van der Waals surface area contributed by atoms with Gasteiger partial charge in [0.15, 0.2) is 0 Å². The summed E-state index contributed by atoms with van der Waals surface area (Å²) < 4.78 is 5.39. The Balaban J connectivity index is 2.19. The van der Waals surface area contributed by atoms with Crippen LogP contribution in [0.15, 0.2) is 18.2 Å². The number of hydrogen-bond donors (Lipinski definition) is 0. The molecule has 1 aromatic carbocycles. The van der Waals surface area contributed by atoms with Crippen molar-refractivity contribution in [2.75, 3.05) is 19.7 Å². The van der Waals surface area contributed by atoms with Gasteiger partial charge in [-0.1, -0.05) is 0 Å². The number of ether oxygens (including phenoxy) is 1. The van der Waals surface area contributed by atoms with E-state index in [2.05, 4.69) is 0 Å². The predicted molar refractivity (Wildman–Crippen MR) is 69.2 cm³/mol. The summed E-state index contributed by atoms with van der Waals surface area (Å²) in [5.74, 6) is -0.104. The van der Waals surface area contributed by atoms with Gasteiger partial charge in [0.25, 0.3) is 11.6 Å². The third kappa shape index (κ3) is 2.90. The zero-order valence-electron chi connectivity index (χ0n) is 11.0. The summed E-state index contributed by atoms with van der Waals surface area (Å²) in [5.41, 5.74) is 1.02. The first kappa shape index (κ1) is 13.5. The van der Waals surface area contributed by atoms with Crippen LogP contribution >= 0.6 is 0 Å². The van der Waals surface area contributed by atoms with Crippen LogP contribution in [0.5, 0.6) is 0 Å². The molecule has 6 nitrogen and oxygen atoms in total. The van der Waals surface area contributed by atoms with Crippen molar-refractivity contribution in [1.29, 1.82) is 0 Å². The summed E-state index contributed by atoms with van der Waals surface area (Å²) in [7, 11) is 0. The number of amides is 1. The number of rotatable bonds is 2. The Labute approximate surface area is 111 Å². The Morgan fingerprint density at radius 1 is 1.53 bits per heavy atom. The van der Waals surface area contributed by atoms with Crippen molar-refractivity contribution in [2.45, 2.75) is 20.0 Å². The van der Waals surface area contributed by atoms with Gasteiger partial charge in [-0.3, -0.25) is 14.9 Å². The van der Waals surface area contributed by atoms with Gasteiger partial charge in [-0.15, -0.1) is 0 Å². The van der Waals surface area contributed by atoms with E-state index in [1.807, 2.05) is 6.92 Å². The molecule has 2 rings (SSSR count). The van der Waals surface area contributed by atoms with Crippen LogP contribution in [0.1, 0.15) is 22.8 Å². The first-order chi connectivity index (χ1) is 8.99. The van der Waals surface area contributed by atoms with Gasteiger partial charge in [0.2, 0.25) is 0 Å². The van der Waals surface area contributed by atoms with E-state index in [0.29, 0.717) is 30.8 Å². The van der Waals surface area contributed by atoms with Crippen LogP contribution in [0.3, 0.4) is 0 Å². The highest BCUT2D eigenvalue weighted by Crippen LogP contribution is 2.20. The van der Waals surface area contributed by atoms with Crippen LogP contribution in [0.4, 0.5) is 5.69 Å². The minimum atomic E-state index is -0.444. The molecule has 0 radical (unpaired) electrons. The lowest BCUT2D eigenvalue weighted by atomic mass is 10.1. The number of benzene rings is 1. The van der Waals surface area contributed by atoms with E-state index in [1.54, 1.807) is 17.9 Å². The number of morpholine rings is 1. The zero-order valence-corrected chi connectivity index (χ0v) is 11.0. The normalized spacial score (nSPS) is 19.3. The second-order valence-corrected chi connectivity index (χ2v) is 4.69. The van der Waals surface area contributed by atoms with Gasteiger partial charge in [-0.05, 0) is 26.0 Å². The number of nitro benzene ring substituents is 1. The van der Waals surface area contributed by atoms with Crippen molar-refractivity contribution >= 4 is 11.6 Å². The van der Waals surface area contributed by atoms with Crippen LogP contribution < -0.4 is 0 Å². The quantitative estimate of drug-likeness (QED) is 0.602. The maximum atomic E-state index is 12.3. The standard InChI is InChI=1S/C13H16N2O4/c1-9-7-11(3-4-12(9)15(17)18)13(16)14-5-6-19-10(2)8-14/h3-4,7,10H,5-6,8H2,1-2H3/t10-/m0/s1. The average Bonchev–Trinajstić information content (AvgIpc) is 2.37. The second kappa shape index (κ2) is 5.36. The van der Waals surface area contributed by atoms with Gasteiger partial charge < -0.3 is 9.64 Å². The number of nitrogens with zero attached hydrogens (tertiary/aromatic N) is 2. The molecule has 1 aromatic rings. The summed E-state index contributed by atoms with van der Waals surface area (Å²) in [4.78, 5) is 24.3. The Hall–Kier alpha value is -1.95. The van der Waals surface area contributed by atoms with Crippen LogP contribution in [-0.4, -0.2) is 41.5 Å². The maximum Gasteiger partial charge on any atom is 0.272 e. The van der Waals surface area contributed by atoms with E-state index >= 15 is 0 Å². The van der Waals surface area contributed by atoms with Gasteiger partial charge in [-0.25, -0.2) is 0 Å². The summed E-state index contributed by atoms with van der Waals surface area (Å²) in [6.45, 7) is 5.18. The van der Waals surface area contributed by atoms with Crippen molar-refractivity contribution in [3.05, 3.63) is 39.4 Å². The van der Waals surface area contributed by atoms with Crippen molar-refractivity contribution < 1.29 is 14.5 Å². The minimum Gasteiger partial charge on any atom is -0.375 e.